The van der Waals surface area contributed by atoms with E-state index < -0.39 is 29.7 Å². The van der Waals surface area contributed by atoms with Crippen molar-refractivity contribution in [3.05, 3.63) is 58.7 Å². The SMILES string of the molecule is CC#Cc1ccc2c(c1)C(COC(=O)N[C@H](CCC(=O)OC(C)(C)C)C(=O)O)c1cc(C#CC)ccc1-2. The van der Waals surface area contributed by atoms with Gasteiger partial charge in [-0.25, -0.2) is 9.59 Å². The molecular weight excluding hydrogens is 470 g/mol. The maximum Gasteiger partial charge on any atom is 0.407 e. The molecule has 2 N–H and O–H groups in total. The number of carboxylic acids is 1. The van der Waals surface area contributed by atoms with Crippen molar-refractivity contribution in [3.8, 4) is 34.8 Å². The molecule has 0 saturated heterocycles. The van der Waals surface area contributed by atoms with Crippen LogP contribution in [0.15, 0.2) is 36.4 Å². The molecule has 0 aromatic heterocycles. The van der Waals surface area contributed by atoms with Gasteiger partial charge in [0.25, 0.3) is 0 Å². The van der Waals surface area contributed by atoms with E-state index in [1.807, 2.05) is 36.4 Å². The van der Waals surface area contributed by atoms with Crippen LogP contribution < -0.4 is 5.32 Å². The van der Waals surface area contributed by atoms with Crippen LogP contribution in [0.25, 0.3) is 11.1 Å². The van der Waals surface area contributed by atoms with Gasteiger partial charge in [0.2, 0.25) is 0 Å². The zero-order valence-electron chi connectivity index (χ0n) is 21.7. The summed E-state index contributed by atoms with van der Waals surface area (Å²) in [4.78, 5) is 36.2. The van der Waals surface area contributed by atoms with Crippen LogP contribution in [0.2, 0.25) is 0 Å². The molecule has 0 heterocycles. The van der Waals surface area contributed by atoms with E-state index in [2.05, 4.69) is 29.0 Å². The number of alkyl carbamates (subject to hydrolysis) is 1. The van der Waals surface area contributed by atoms with Crippen LogP contribution in [0.1, 0.15) is 75.6 Å². The van der Waals surface area contributed by atoms with Gasteiger partial charge in [0.05, 0.1) is 0 Å². The number of carboxylic acid groups (broad SMARTS) is 1. The lowest BCUT2D eigenvalue weighted by Gasteiger charge is -2.20. The number of ether oxygens (including phenoxy) is 2. The first-order chi connectivity index (χ1) is 17.5. The summed E-state index contributed by atoms with van der Waals surface area (Å²) in [6, 6.07) is 10.6. The van der Waals surface area contributed by atoms with Crippen molar-refractivity contribution in [2.24, 2.45) is 0 Å². The molecule has 2 aromatic carbocycles. The highest BCUT2D eigenvalue weighted by molar-refractivity contribution is 5.82. The van der Waals surface area contributed by atoms with E-state index in [0.717, 1.165) is 33.4 Å². The van der Waals surface area contributed by atoms with Gasteiger partial charge in [-0.05, 0) is 87.6 Å². The topological polar surface area (TPSA) is 102 Å². The lowest BCUT2D eigenvalue weighted by molar-refractivity contribution is -0.155. The molecule has 1 aliphatic carbocycles. The molecule has 2 aromatic rings. The molecule has 1 atom stereocenters. The first kappa shape index (κ1) is 27.4. The second-order valence-electron chi connectivity index (χ2n) is 9.67. The highest BCUT2D eigenvalue weighted by atomic mass is 16.6. The van der Waals surface area contributed by atoms with Crippen molar-refractivity contribution in [1.82, 2.24) is 5.32 Å². The molecular formula is C30H31NO6. The third kappa shape index (κ3) is 7.15. The number of esters is 1. The van der Waals surface area contributed by atoms with E-state index in [1.54, 1.807) is 34.6 Å². The van der Waals surface area contributed by atoms with Gasteiger partial charge in [-0.3, -0.25) is 4.79 Å². The van der Waals surface area contributed by atoms with Crippen molar-refractivity contribution in [3.63, 3.8) is 0 Å². The zero-order valence-corrected chi connectivity index (χ0v) is 21.7. The van der Waals surface area contributed by atoms with Crippen molar-refractivity contribution in [2.75, 3.05) is 6.61 Å². The summed E-state index contributed by atoms with van der Waals surface area (Å²) in [5, 5.41) is 11.9. The number of amides is 1. The van der Waals surface area contributed by atoms with E-state index >= 15 is 0 Å². The lowest BCUT2D eigenvalue weighted by Crippen LogP contribution is -2.42. The molecule has 0 fully saturated rings. The van der Waals surface area contributed by atoms with Gasteiger partial charge in [-0.2, -0.15) is 0 Å². The van der Waals surface area contributed by atoms with E-state index in [4.69, 9.17) is 9.47 Å². The largest absolute Gasteiger partial charge is 0.480 e. The predicted octanol–water partition coefficient (Wildman–Crippen LogP) is 4.84. The molecule has 3 rings (SSSR count). The van der Waals surface area contributed by atoms with Crippen molar-refractivity contribution in [2.45, 2.75) is 65.0 Å². The Morgan fingerprint density at radius 3 is 1.97 bits per heavy atom. The van der Waals surface area contributed by atoms with Gasteiger partial charge in [0.1, 0.15) is 18.2 Å². The Kier molecular flexibility index (Phi) is 8.63. The Morgan fingerprint density at radius 2 is 1.51 bits per heavy atom. The van der Waals surface area contributed by atoms with E-state index in [-0.39, 0.29) is 25.4 Å². The molecule has 0 spiro atoms. The summed E-state index contributed by atoms with van der Waals surface area (Å²) in [7, 11) is 0. The Bertz CT molecular complexity index is 1260. The third-order valence-electron chi connectivity index (χ3n) is 5.71. The van der Waals surface area contributed by atoms with Gasteiger partial charge in [-0.1, -0.05) is 24.0 Å². The maximum absolute atomic E-state index is 12.6. The second kappa shape index (κ2) is 11.7. The average molecular weight is 502 g/mol. The number of carbonyl (C=O) groups is 3. The predicted molar refractivity (Wildman–Crippen MR) is 140 cm³/mol. The average Bonchev–Trinajstić information content (AvgIpc) is 3.11. The van der Waals surface area contributed by atoms with E-state index in [0.29, 0.717) is 0 Å². The van der Waals surface area contributed by atoms with Crippen molar-refractivity contribution in [1.29, 1.82) is 0 Å². The number of benzene rings is 2. The van der Waals surface area contributed by atoms with Gasteiger partial charge in [0, 0.05) is 23.5 Å². The lowest BCUT2D eigenvalue weighted by atomic mass is 9.95. The van der Waals surface area contributed by atoms with Crippen LogP contribution in [0.3, 0.4) is 0 Å². The van der Waals surface area contributed by atoms with Crippen LogP contribution in [-0.4, -0.2) is 41.4 Å². The molecule has 1 amide bonds. The van der Waals surface area contributed by atoms with Gasteiger partial charge >= 0.3 is 18.0 Å². The number of aliphatic carboxylic acids is 1. The van der Waals surface area contributed by atoms with Crippen LogP contribution >= 0.6 is 0 Å². The zero-order chi connectivity index (χ0) is 27.2. The molecule has 7 heteroatoms. The number of hydrogen-bond acceptors (Lipinski definition) is 5. The number of hydrogen-bond donors (Lipinski definition) is 2. The smallest absolute Gasteiger partial charge is 0.407 e. The summed E-state index contributed by atoms with van der Waals surface area (Å²) in [6.45, 7) is 8.71. The normalized spacial score (nSPS) is 12.6. The standard InChI is InChI=1S/C30H31NO6/c1-6-8-19-10-12-21-22-13-11-20(9-7-2)17-24(22)25(23(21)16-19)18-36-29(35)31-26(28(33)34)14-15-27(32)37-30(3,4)5/h10-13,16-17,25-26H,14-15,18H2,1-5H3,(H,31,35)(H,33,34)/t26-/m1/s1. The molecule has 0 saturated carbocycles. The summed E-state index contributed by atoms with van der Waals surface area (Å²) in [6.07, 6.45) is -1.15. The highest BCUT2D eigenvalue weighted by Crippen LogP contribution is 2.45. The number of fused-ring (bicyclic) bond motifs is 3. The first-order valence-electron chi connectivity index (χ1n) is 12.0. The van der Waals surface area contributed by atoms with E-state index in [9.17, 15) is 19.5 Å². The van der Waals surface area contributed by atoms with Gasteiger partial charge in [-0.15, -0.1) is 11.8 Å². The molecule has 0 bridgehead atoms. The van der Waals surface area contributed by atoms with Gasteiger partial charge < -0.3 is 19.9 Å². The van der Waals surface area contributed by atoms with E-state index in [1.165, 1.54) is 0 Å². The summed E-state index contributed by atoms with van der Waals surface area (Å²) in [5.41, 5.74) is 5.04. The molecule has 37 heavy (non-hydrogen) atoms. The van der Waals surface area contributed by atoms with Crippen LogP contribution in [0, 0.1) is 23.7 Å². The Labute approximate surface area is 217 Å². The maximum atomic E-state index is 12.6. The minimum atomic E-state index is -1.29. The fourth-order valence-corrected chi connectivity index (χ4v) is 4.24. The fraction of sp³-hybridized carbons (Fsp3) is 0.367. The number of nitrogens with one attached hydrogen (secondary N) is 1. The summed E-state index contributed by atoms with van der Waals surface area (Å²) < 4.78 is 10.7. The second-order valence-corrected chi connectivity index (χ2v) is 9.67. The Morgan fingerprint density at radius 1 is 0.973 bits per heavy atom. The van der Waals surface area contributed by atoms with Crippen LogP contribution in [0.4, 0.5) is 4.79 Å². The highest BCUT2D eigenvalue weighted by Gasteiger charge is 2.31. The molecule has 0 radical (unpaired) electrons. The van der Waals surface area contributed by atoms with Crippen LogP contribution in [0.5, 0.6) is 0 Å². The fourth-order valence-electron chi connectivity index (χ4n) is 4.24. The van der Waals surface area contributed by atoms with Gasteiger partial charge in [0.15, 0.2) is 0 Å². The minimum absolute atomic E-state index is 0.00372. The molecule has 1 aliphatic rings. The van der Waals surface area contributed by atoms with Crippen molar-refractivity contribution >= 4 is 18.0 Å². The minimum Gasteiger partial charge on any atom is -0.480 e. The molecule has 7 nitrogen and oxygen atoms in total. The third-order valence-corrected chi connectivity index (χ3v) is 5.71. The summed E-state index contributed by atoms with van der Waals surface area (Å²) >= 11 is 0. The quantitative estimate of drug-likeness (QED) is 0.416. The summed E-state index contributed by atoms with van der Waals surface area (Å²) in [5.74, 6) is 9.86. The Hall–Kier alpha value is -4.23. The number of carbonyl (C=O) groups excluding carboxylic acids is 2. The number of rotatable bonds is 7. The van der Waals surface area contributed by atoms with Crippen molar-refractivity contribution < 1.29 is 29.0 Å². The van der Waals surface area contributed by atoms with Crippen LogP contribution in [-0.2, 0) is 19.1 Å². The first-order valence-corrected chi connectivity index (χ1v) is 12.0. The monoisotopic (exact) mass is 501 g/mol. The molecule has 0 aliphatic heterocycles. The molecule has 0 unspecified atom stereocenters. The Balaban J connectivity index is 1.75. The molecule has 192 valence electrons.